The highest BCUT2D eigenvalue weighted by molar-refractivity contribution is 5.63. The van der Waals surface area contributed by atoms with Crippen LogP contribution in [0.15, 0.2) is 0 Å². The number of hydrogen-bond acceptors (Lipinski definition) is 4. The Morgan fingerprint density at radius 1 is 1.19 bits per heavy atom. The van der Waals surface area contributed by atoms with Crippen LogP contribution in [-0.2, 0) is 0 Å². The Bertz CT molecular complexity index is 601. The number of fused-ring (bicyclic) bond motifs is 1. The molecule has 0 bridgehead atoms. The third kappa shape index (κ3) is 1.26. The quantitative estimate of drug-likeness (QED) is 0.543. The van der Waals surface area contributed by atoms with Crippen molar-refractivity contribution in [3.05, 3.63) is 32.8 Å². The molecule has 0 fully saturated rings. The summed E-state index contributed by atoms with van der Waals surface area (Å²) < 4.78 is 1.54. The molecule has 0 amide bonds. The molecule has 0 aliphatic carbocycles. The van der Waals surface area contributed by atoms with Crippen molar-refractivity contribution >= 4 is 11.3 Å². The molecule has 6 heteroatoms. The summed E-state index contributed by atoms with van der Waals surface area (Å²) in [4.78, 5) is 14.7. The fourth-order valence-electron chi connectivity index (χ4n) is 1.72. The fraction of sp³-hybridized carbons (Fsp3) is 0.400. The monoisotopic (exact) mass is 220 g/mol. The molecule has 16 heavy (non-hydrogen) atoms. The van der Waals surface area contributed by atoms with Gasteiger partial charge in [-0.15, -0.1) is 0 Å². The number of aromatic nitrogens is 3. The zero-order valence-corrected chi connectivity index (χ0v) is 9.61. The van der Waals surface area contributed by atoms with Gasteiger partial charge in [-0.2, -0.15) is 5.10 Å². The molecule has 84 valence electrons. The molecule has 0 aromatic carbocycles. The lowest BCUT2D eigenvalue weighted by atomic mass is 10.2. The SMILES string of the molecule is Cc1nc2c([N+](=O)[O-])c(C)nn2c(C)c1C. The average Bonchev–Trinajstić information content (AvgIpc) is 2.51. The number of nitrogens with zero attached hydrogens (tertiary/aromatic N) is 4. The van der Waals surface area contributed by atoms with E-state index >= 15 is 0 Å². The van der Waals surface area contributed by atoms with Gasteiger partial charge in [-0.3, -0.25) is 10.1 Å². The Morgan fingerprint density at radius 3 is 2.38 bits per heavy atom. The molecule has 0 N–H and O–H groups in total. The highest BCUT2D eigenvalue weighted by Gasteiger charge is 2.23. The van der Waals surface area contributed by atoms with Crippen LogP contribution >= 0.6 is 0 Å². The Balaban J connectivity index is 2.96. The second kappa shape index (κ2) is 3.26. The number of nitro groups is 1. The maximum Gasteiger partial charge on any atom is 0.336 e. The van der Waals surface area contributed by atoms with Crippen LogP contribution in [0, 0.1) is 37.8 Å². The normalized spacial score (nSPS) is 11.0. The molecule has 0 saturated carbocycles. The van der Waals surface area contributed by atoms with Crippen LogP contribution in [0.1, 0.15) is 22.6 Å². The van der Waals surface area contributed by atoms with Gasteiger partial charge in [0.15, 0.2) is 0 Å². The lowest BCUT2D eigenvalue weighted by molar-refractivity contribution is -0.383. The minimum absolute atomic E-state index is 0.00815. The van der Waals surface area contributed by atoms with Crippen molar-refractivity contribution < 1.29 is 4.92 Å². The summed E-state index contributed by atoms with van der Waals surface area (Å²) in [6, 6.07) is 0. The van der Waals surface area contributed by atoms with Crippen molar-refractivity contribution in [3.63, 3.8) is 0 Å². The first-order chi connectivity index (χ1) is 7.43. The van der Waals surface area contributed by atoms with E-state index in [1.807, 2.05) is 20.8 Å². The number of hydrogen-bond donors (Lipinski definition) is 0. The molecular formula is C10H12N4O2. The Labute approximate surface area is 92.1 Å². The second-order valence-corrected chi connectivity index (χ2v) is 3.83. The summed E-state index contributed by atoms with van der Waals surface area (Å²) >= 11 is 0. The van der Waals surface area contributed by atoms with Gasteiger partial charge < -0.3 is 0 Å². The Morgan fingerprint density at radius 2 is 1.81 bits per heavy atom. The largest absolute Gasteiger partial charge is 0.336 e. The van der Waals surface area contributed by atoms with Gasteiger partial charge >= 0.3 is 5.69 Å². The van der Waals surface area contributed by atoms with E-state index in [1.165, 1.54) is 4.52 Å². The maximum atomic E-state index is 10.9. The van der Waals surface area contributed by atoms with Gasteiger partial charge in [0.2, 0.25) is 5.65 Å². The topological polar surface area (TPSA) is 73.3 Å². The first kappa shape index (κ1) is 10.5. The number of aryl methyl sites for hydroxylation is 3. The molecule has 0 aliphatic rings. The van der Waals surface area contributed by atoms with Crippen LogP contribution in [0.3, 0.4) is 0 Å². The molecule has 0 radical (unpaired) electrons. The van der Waals surface area contributed by atoms with E-state index < -0.39 is 4.92 Å². The molecule has 2 rings (SSSR count). The predicted octanol–water partition coefficient (Wildman–Crippen LogP) is 1.87. The van der Waals surface area contributed by atoms with E-state index in [0.717, 1.165) is 17.0 Å². The standard InChI is InChI=1S/C10H12N4O2/c1-5-6(2)11-10-9(14(15)16)7(3)12-13(10)8(5)4/h1-4H3. The molecular weight excluding hydrogens is 208 g/mol. The first-order valence-electron chi connectivity index (χ1n) is 4.91. The van der Waals surface area contributed by atoms with Crippen LogP contribution in [-0.4, -0.2) is 19.5 Å². The molecule has 0 atom stereocenters. The Kier molecular flexibility index (Phi) is 2.15. The van der Waals surface area contributed by atoms with E-state index in [9.17, 15) is 10.1 Å². The second-order valence-electron chi connectivity index (χ2n) is 3.83. The zero-order chi connectivity index (χ0) is 12.0. The van der Waals surface area contributed by atoms with Crippen molar-refractivity contribution in [1.29, 1.82) is 0 Å². The average molecular weight is 220 g/mol. The molecule has 2 heterocycles. The van der Waals surface area contributed by atoms with E-state index in [4.69, 9.17) is 0 Å². The van der Waals surface area contributed by atoms with E-state index in [0.29, 0.717) is 11.3 Å². The molecule has 0 unspecified atom stereocenters. The maximum absolute atomic E-state index is 10.9. The van der Waals surface area contributed by atoms with Crippen LogP contribution in [0.4, 0.5) is 5.69 Å². The summed E-state index contributed by atoms with van der Waals surface area (Å²) in [6.45, 7) is 7.28. The van der Waals surface area contributed by atoms with Gasteiger partial charge in [-0.05, 0) is 33.3 Å². The van der Waals surface area contributed by atoms with E-state index in [2.05, 4.69) is 10.1 Å². The van der Waals surface area contributed by atoms with Crippen molar-refractivity contribution in [3.8, 4) is 0 Å². The minimum atomic E-state index is -0.432. The highest BCUT2D eigenvalue weighted by Crippen LogP contribution is 2.24. The van der Waals surface area contributed by atoms with Crippen LogP contribution in [0.5, 0.6) is 0 Å². The van der Waals surface area contributed by atoms with Gasteiger partial charge in [-0.25, -0.2) is 9.50 Å². The van der Waals surface area contributed by atoms with Crippen LogP contribution in [0.25, 0.3) is 5.65 Å². The molecule has 0 aliphatic heterocycles. The Hall–Kier alpha value is -1.98. The van der Waals surface area contributed by atoms with Crippen LogP contribution < -0.4 is 0 Å². The first-order valence-corrected chi connectivity index (χ1v) is 4.91. The molecule has 0 saturated heterocycles. The van der Waals surface area contributed by atoms with Crippen molar-refractivity contribution in [2.24, 2.45) is 0 Å². The van der Waals surface area contributed by atoms with Gasteiger partial charge in [0.25, 0.3) is 0 Å². The minimum Gasteiger partial charge on any atom is -0.258 e. The van der Waals surface area contributed by atoms with Crippen molar-refractivity contribution in [2.45, 2.75) is 27.7 Å². The molecule has 2 aromatic rings. The highest BCUT2D eigenvalue weighted by atomic mass is 16.6. The predicted molar refractivity (Wildman–Crippen MR) is 58.6 cm³/mol. The molecule has 0 spiro atoms. The lowest BCUT2D eigenvalue weighted by Gasteiger charge is -2.05. The fourth-order valence-corrected chi connectivity index (χ4v) is 1.72. The van der Waals surface area contributed by atoms with Crippen molar-refractivity contribution in [2.75, 3.05) is 0 Å². The van der Waals surface area contributed by atoms with Crippen molar-refractivity contribution in [1.82, 2.24) is 14.6 Å². The number of rotatable bonds is 1. The summed E-state index contributed by atoms with van der Waals surface area (Å²) in [5, 5.41) is 15.1. The smallest absolute Gasteiger partial charge is 0.258 e. The van der Waals surface area contributed by atoms with E-state index in [-0.39, 0.29) is 5.69 Å². The summed E-state index contributed by atoms with van der Waals surface area (Å²) in [5.74, 6) is 0. The van der Waals surface area contributed by atoms with Gasteiger partial charge in [-0.1, -0.05) is 0 Å². The van der Waals surface area contributed by atoms with Gasteiger partial charge in [0.05, 0.1) is 4.92 Å². The van der Waals surface area contributed by atoms with E-state index in [1.54, 1.807) is 6.92 Å². The third-order valence-corrected chi connectivity index (χ3v) is 2.86. The summed E-state index contributed by atoms with van der Waals surface area (Å²) in [5.41, 5.74) is 3.40. The molecule has 2 aromatic heterocycles. The summed E-state index contributed by atoms with van der Waals surface area (Å²) in [7, 11) is 0. The summed E-state index contributed by atoms with van der Waals surface area (Å²) in [6.07, 6.45) is 0. The third-order valence-electron chi connectivity index (χ3n) is 2.86. The van der Waals surface area contributed by atoms with Gasteiger partial charge in [0.1, 0.15) is 5.69 Å². The zero-order valence-electron chi connectivity index (χ0n) is 9.61. The lowest BCUT2D eigenvalue weighted by Crippen LogP contribution is -2.02. The van der Waals surface area contributed by atoms with Gasteiger partial charge in [0, 0.05) is 11.4 Å². The molecule has 6 nitrogen and oxygen atoms in total. The van der Waals surface area contributed by atoms with Crippen LogP contribution in [0.2, 0.25) is 0 Å².